The summed E-state index contributed by atoms with van der Waals surface area (Å²) in [6, 6.07) is 4.36. The van der Waals surface area contributed by atoms with Crippen LogP contribution < -0.4 is 0 Å². The van der Waals surface area contributed by atoms with Gasteiger partial charge in [-0.1, -0.05) is 44.6 Å². The maximum Gasteiger partial charge on any atom is 0.0343 e. The average Bonchev–Trinajstić information content (AvgIpc) is 3.00. The monoisotopic (exact) mass is 347 g/mol. The summed E-state index contributed by atoms with van der Waals surface area (Å²) in [5, 5.41) is 0. The second kappa shape index (κ2) is 5.81. The maximum atomic E-state index is 4.40. The van der Waals surface area contributed by atoms with Crippen molar-refractivity contribution in [2.75, 3.05) is 0 Å². The van der Waals surface area contributed by atoms with Crippen LogP contribution in [-0.2, 0) is 0 Å². The van der Waals surface area contributed by atoms with Crippen molar-refractivity contribution in [3.8, 4) is 0 Å². The molecule has 1 aromatic rings. The summed E-state index contributed by atoms with van der Waals surface area (Å²) in [6.45, 7) is 7.63. The predicted octanol–water partition coefficient (Wildman–Crippen LogP) is 6.67. The van der Waals surface area contributed by atoms with Gasteiger partial charge in [-0.05, 0) is 96.7 Å². The summed E-state index contributed by atoms with van der Waals surface area (Å²) in [6.07, 6.45) is 18.8. The highest BCUT2D eigenvalue weighted by Gasteiger charge is 2.56. The number of fused-ring (bicyclic) bond motifs is 5. The quantitative estimate of drug-likeness (QED) is 0.517. The zero-order chi connectivity index (χ0) is 17.9. The fourth-order valence-electron chi connectivity index (χ4n) is 7.38. The summed E-state index contributed by atoms with van der Waals surface area (Å²) in [5.41, 5.74) is 5.62. The molecule has 1 nitrogen and oxygen atoms in total. The van der Waals surface area contributed by atoms with Crippen molar-refractivity contribution in [3.05, 3.63) is 47.8 Å². The summed E-state index contributed by atoms with van der Waals surface area (Å²) in [4.78, 5) is 4.40. The Labute approximate surface area is 159 Å². The Morgan fingerprint density at radius 2 is 1.85 bits per heavy atom. The van der Waals surface area contributed by atoms with Gasteiger partial charge in [0.05, 0.1) is 0 Å². The van der Waals surface area contributed by atoms with E-state index in [2.05, 4.69) is 56.2 Å². The maximum absolute atomic E-state index is 4.40. The average molecular weight is 348 g/mol. The first kappa shape index (κ1) is 16.8. The summed E-state index contributed by atoms with van der Waals surface area (Å²) in [5.74, 6) is 3.51. The molecule has 138 valence electrons. The molecular formula is C25H33N. The summed E-state index contributed by atoms with van der Waals surface area (Å²) >= 11 is 0. The molecule has 0 amide bonds. The SMILES string of the molecule is CC1CC[C@@]2(C)C(=CC[C@@H]3[C@@H]2CC[C@]2(C)C(c4cccnc4)=CC[C@@H]32)C1. The molecule has 0 radical (unpaired) electrons. The van der Waals surface area contributed by atoms with Crippen LogP contribution in [0.3, 0.4) is 0 Å². The van der Waals surface area contributed by atoms with Crippen molar-refractivity contribution in [2.24, 2.45) is 34.5 Å². The van der Waals surface area contributed by atoms with E-state index in [-0.39, 0.29) is 0 Å². The largest absolute Gasteiger partial charge is 0.264 e. The smallest absolute Gasteiger partial charge is 0.0343 e. The van der Waals surface area contributed by atoms with Crippen LogP contribution in [0.2, 0.25) is 0 Å². The molecule has 0 spiro atoms. The number of pyridine rings is 1. The summed E-state index contributed by atoms with van der Waals surface area (Å²) in [7, 11) is 0. The molecule has 2 fully saturated rings. The number of aromatic nitrogens is 1. The van der Waals surface area contributed by atoms with Crippen LogP contribution in [0, 0.1) is 34.5 Å². The van der Waals surface area contributed by atoms with Gasteiger partial charge in [0.1, 0.15) is 0 Å². The molecule has 4 aliphatic rings. The van der Waals surface area contributed by atoms with E-state index >= 15 is 0 Å². The molecule has 4 aliphatic carbocycles. The normalized spacial score (nSPS) is 44.4. The first-order chi connectivity index (χ1) is 12.5. The molecule has 0 bridgehead atoms. The highest BCUT2D eigenvalue weighted by atomic mass is 14.6. The molecule has 2 saturated carbocycles. The van der Waals surface area contributed by atoms with Crippen molar-refractivity contribution >= 4 is 5.57 Å². The fourth-order valence-corrected chi connectivity index (χ4v) is 7.38. The standard InChI is InChI=1S/C25H33N/c1-17-10-12-24(2)19(15-17)6-7-20-22-9-8-21(18-5-4-14-26-16-18)25(22,3)13-11-23(20)24/h4-6,8,14,16-17,20,22-23H,7,9-13,15H2,1-3H3/t17?,20-,22-,23-,24-,25+/m0/s1. The topological polar surface area (TPSA) is 12.9 Å². The Kier molecular flexibility index (Phi) is 3.75. The van der Waals surface area contributed by atoms with Crippen LogP contribution in [0.4, 0.5) is 0 Å². The molecule has 0 aliphatic heterocycles. The Morgan fingerprint density at radius 3 is 2.65 bits per heavy atom. The lowest BCUT2D eigenvalue weighted by Gasteiger charge is -2.58. The van der Waals surface area contributed by atoms with Gasteiger partial charge in [-0.3, -0.25) is 4.98 Å². The van der Waals surface area contributed by atoms with Gasteiger partial charge in [-0.2, -0.15) is 0 Å². The fraction of sp³-hybridized carbons (Fsp3) is 0.640. The van der Waals surface area contributed by atoms with Crippen LogP contribution in [0.1, 0.15) is 71.3 Å². The number of nitrogens with zero attached hydrogens (tertiary/aromatic N) is 1. The van der Waals surface area contributed by atoms with Gasteiger partial charge in [0.2, 0.25) is 0 Å². The molecule has 0 aromatic carbocycles. The van der Waals surface area contributed by atoms with E-state index in [1.807, 2.05) is 11.8 Å². The predicted molar refractivity (Wildman–Crippen MR) is 108 cm³/mol. The second-order valence-corrected chi connectivity index (χ2v) is 10.2. The van der Waals surface area contributed by atoms with Crippen molar-refractivity contribution in [1.82, 2.24) is 4.98 Å². The van der Waals surface area contributed by atoms with E-state index in [1.54, 1.807) is 5.57 Å². The number of hydrogen-bond acceptors (Lipinski definition) is 1. The van der Waals surface area contributed by atoms with Gasteiger partial charge < -0.3 is 0 Å². The van der Waals surface area contributed by atoms with Gasteiger partial charge in [0, 0.05) is 12.4 Å². The van der Waals surface area contributed by atoms with Crippen molar-refractivity contribution in [1.29, 1.82) is 0 Å². The van der Waals surface area contributed by atoms with Gasteiger partial charge >= 0.3 is 0 Å². The van der Waals surface area contributed by atoms with Crippen LogP contribution >= 0.6 is 0 Å². The van der Waals surface area contributed by atoms with Gasteiger partial charge in [0.15, 0.2) is 0 Å². The third-order valence-corrected chi connectivity index (χ3v) is 8.90. The lowest BCUT2D eigenvalue weighted by Crippen LogP contribution is -2.49. The van der Waals surface area contributed by atoms with Gasteiger partial charge in [-0.25, -0.2) is 0 Å². The molecule has 1 unspecified atom stereocenters. The van der Waals surface area contributed by atoms with E-state index < -0.39 is 0 Å². The number of rotatable bonds is 1. The highest BCUT2D eigenvalue weighted by Crippen LogP contribution is 2.66. The van der Waals surface area contributed by atoms with Crippen LogP contribution in [0.5, 0.6) is 0 Å². The Hall–Kier alpha value is -1.37. The molecule has 0 N–H and O–H groups in total. The Bertz CT molecular complexity index is 760. The van der Waals surface area contributed by atoms with Gasteiger partial charge in [-0.15, -0.1) is 0 Å². The molecular weight excluding hydrogens is 314 g/mol. The molecule has 0 saturated heterocycles. The highest BCUT2D eigenvalue weighted by molar-refractivity contribution is 5.72. The third-order valence-electron chi connectivity index (χ3n) is 8.90. The number of allylic oxidation sites excluding steroid dienone is 4. The zero-order valence-electron chi connectivity index (χ0n) is 16.7. The Balaban J connectivity index is 1.48. The second-order valence-electron chi connectivity index (χ2n) is 10.2. The van der Waals surface area contributed by atoms with Crippen LogP contribution in [-0.4, -0.2) is 4.98 Å². The minimum Gasteiger partial charge on any atom is -0.264 e. The van der Waals surface area contributed by atoms with Crippen molar-refractivity contribution in [3.63, 3.8) is 0 Å². The first-order valence-corrected chi connectivity index (χ1v) is 10.8. The molecule has 1 heterocycles. The van der Waals surface area contributed by atoms with E-state index in [9.17, 15) is 0 Å². The molecule has 6 atom stereocenters. The zero-order valence-corrected chi connectivity index (χ0v) is 16.7. The Morgan fingerprint density at radius 1 is 1.00 bits per heavy atom. The molecule has 1 aromatic heterocycles. The van der Waals surface area contributed by atoms with Crippen LogP contribution in [0.25, 0.3) is 5.57 Å². The van der Waals surface area contributed by atoms with E-state index in [4.69, 9.17) is 0 Å². The summed E-state index contributed by atoms with van der Waals surface area (Å²) < 4.78 is 0. The molecule has 1 heteroatoms. The molecule has 26 heavy (non-hydrogen) atoms. The minimum absolute atomic E-state index is 0.355. The lowest BCUT2D eigenvalue weighted by atomic mass is 9.47. The van der Waals surface area contributed by atoms with Crippen LogP contribution in [0.15, 0.2) is 42.3 Å². The number of hydrogen-bond donors (Lipinski definition) is 0. The van der Waals surface area contributed by atoms with Crippen molar-refractivity contribution < 1.29 is 0 Å². The van der Waals surface area contributed by atoms with Gasteiger partial charge in [0.25, 0.3) is 0 Å². The van der Waals surface area contributed by atoms with E-state index in [0.29, 0.717) is 10.8 Å². The van der Waals surface area contributed by atoms with Crippen molar-refractivity contribution in [2.45, 2.75) is 65.7 Å². The lowest BCUT2D eigenvalue weighted by molar-refractivity contribution is -0.0137. The third kappa shape index (κ3) is 2.25. The molecule has 5 rings (SSSR count). The first-order valence-electron chi connectivity index (χ1n) is 10.8. The van der Waals surface area contributed by atoms with E-state index in [0.717, 1.165) is 23.7 Å². The van der Waals surface area contributed by atoms with E-state index in [1.165, 1.54) is 50.5 Å². The minimum atomic E-state index is 0.355.